The smallest absolute Gasteiger partial charge is 0.414 e. The predicted octanol–water partition coefficient (Wildman–Crippen LogP) is 2.29. The molecule has 1 aromatic rings. The lowest BCUT2D eigenvalue weighted by molar-refractivity contribution is -0.159. The molecule has 1 fully saturated rings. The number of likely N-dealkylation sites (tertiary alicyclic amines) is 1. The van der Waals surface area contributed by atoms with Crippen molar-refractivity contribution in [3.05, 3.63) is 24.3 Å². The lowest BCUT2D eigenvalue weighted by atomic mass is 10.3. The van der Waals surface area contributed by atoms with Gasteiger partial charge in [-0.15, -0.1) is 0 Å². The fourth-order valence-corrected chi connectivity index (χ4v) is 2.76. The van der Waals surface area contributed by atoms with E-state index in [9.17, 15) is 4.79 Å². The molecule has 2 rings (SSSR count). The Morgan fingerprint density at radius 2 is 1.77 bits per heavy atom. The first-order valence-electron chi connectivity index (χ1n) is 9.74. The van der Waals surface area contributed by atoms with Gasteiger partial charge in [-0.2, -0.15) is 0 Å². The van der Waals surface area contributed by atoms with Gasteiger partial charge in [0.15, 0.2) is 0 Å². The first-order chi connectivity index (χ1) is 14.4. The zero-order valence-corrected chi connectivity index (χ0v) is 17.3. The molecule has 0 aliphatic carbocycles. The summed E-state index contributed by atoms with van der Waals surface area (Å²) >= 11 is 0. The summed E-state index contributed by atoms with van der Waals surface area (Å²) in [5.41, 5.74) is 0.619. The van der Waals surface area contributed by atoms with E-state index in [4.69, 9.17) is 34.0 Å². The lowest BCUT2D eigenvalue weighted by Crippen LogP contribution is -2.37. The quantitative estimate of drug-likeness (QED) is 0.508. The highest BCUT2D eigenvalue weighted by Crippen LogP contribution is 2.24. The SMILES string of the molecule is CCCOc1ccccc1NC(=O)OC(COC)CN1CCCC1.O=C(O)C(=O)O. The van der Waals surface area contributed by atoms with E-state index in [0.29, 0.717) is 31.2 Å². The molecule has 1 aromatic carbocycles. The number of para-hydroxylation sites is 2. The molecular formula is C20H30N2O8. The molecule has 0 saturated carbocycles. The Labute approximate surface area is 175 Å². The average Bonchev–Trinajstić information content (AvgIpc) is 3.21. The Hall–Kier alpha value is -2.85. The van der Waals surface area contributed by atoms with Crippen molar-refractivity contribution in [3.63, 3.8) is 0 Å². The van der Waals surface area contributed by atoms with Crippen LogP contribution >= 0.6 is 0 Å². The number of carbonyl (C=O) groups is 3. The topological polar surface area (TPSA) is 135 Å². The van der Waals surface area contributed by atoms with Crippen LogP contribution in [-0.4, -0.2) is 79.2 Å². The largest absolute Gasteiger partial charge is 0.491 e. The van der Waals surface area contributed by atoms with Gasteiger partial charge in [-0.05, 0) is 44.5 Å². The third kappa shape index (κ3) is 10.1. The number of amides is 1. The van der Waals surface area contributed by atoms with Crippen LogP contribution < -0.4 is 10.1 Å². The summed E-state index contributed by atoms with van der Waals surface area (Å²) in [5, 5.41) is 17.6. The van der Waals surface area contributed by atoms with Gasteiger partial charge in [0.25, 0.3) is 0 Å². The summed E-state index contributed by atoms with van der Waals surface area (Å²) < 4.78 is 16.4. The number of aliphatic carboxylic acids is 2. The molecule has 0 radical (unpaired) electrons. The zero-order valence-electron chi connectivity index (χ0n) is 17.3. The molecule has 10 nitrogen and oxygen atoms in total. The van der Waals surface area contributed by atoms with Gasteiger partial charge in [0, 0.05) is 13.7 Å². The normalized spacial score (nSPS) is 14.2. The molecule has 1 aliphatic heterocycles. The van der Waals surface area contributed by atoms with E-state index in [1.54, 1.807) is 13.2 Å². The minimum Gasteiger partial charge on any atom is -0.491 e. The van der Waals surface area contributed by atoms with Crippen molar-refractivity contribution in [1.82, 2.24) is 4.90 Å². The first-order valence-corrected chi connectivity index (χ1v) is 9.74. The van der Waals surface area contributed by atoms with Crippen molar-refractivity contribution in [1.29, 1.82) is 0 Å². The number of carboxylic acid groups (broad SMARTS) is 2. The van der Waals surface area contributed by atoms with E-state index in [2.05, 4.69) is 10.2 Å². The van der Waals surface area contributed by atoms with Crippen molar-refractivity contribution >= 4 is 23.7 Å². The molecular weight excluding hydrogens is 396 g/mol. The Balaban J connectivity index is 0.000000656. The zero-order chi connectivity index (χ0) is 22.4. The minimum atomic E-state index is -1.82. The summed E-state index contributed by atoms with van der Waals surface area (Å²) in [4.78, 5) is 32.7. The number of ether oxygens (including phenoxy) is 3. The second-order valence-corrected chi connectivity index (χ2v) is 6.57. The monoisotopic (exact) mass is 426 g/mol. The second-order valence-electron chi connectivity index (χ2n) is 6.57. The van der Waals surface area contributed by atoms with Gasteiger partial charge in [-0.25, -0.2) is 14.4 Å². The minimum absolute atomic E-state index is 0.281. The van der Waals surface area contributed by atoms with E-state index in [1.165, 1.54) is 12.8 Å². The number of nitrogens with zero attached hydrogens (tertiary/aromatic N) is 1. The summed E-state index contributed by atoms with van der Waals surface area (Å²) in [6.45, 7) is 5.85. The Morgan fingerprint density at radius 1 is 1.13 bits per heavy atom. The van der Waals surface area contributed by atoms with Gasteiger partial charge in [0.05, 0.1) is 18.9 Å². The molecule has 1 saturated heterocycles. The van der Waals surface area contributed by atoms with Crippen molar-refractivity contribution in [2.75, 3.05) is 45.3 Å². The lowest BCUT2D eigenvalue weighted by Gasteiger charge is -2.23. The van der Waals surface area contributed by atoms with E-state index in [1.807, 2.05) is 25.1 Å². The third-order valence-electron chi connectivity index (χ3n) is 4.06. The van der Waals surface area contributed by atoms with E-state index in [0.717, 1.165) is 19.5 Å². The maximum atomic E-state index is 12.2. The van der Waals surface area contributed by atoms with E-state index >= 15 is 0 Å². The highest BCUT2D eigenvalue weighted by atomic mass is 16.6. The maximum Gasteiger partial charge on any atom is 0.414 e. The summed E-state index contributed by atoms with van der Waals surface area (Å²) in [5.74, 6) is -3.00. The number of benzene rings is 1. The predicted molar refractivity (Wildman–Crippen MR) is 109 cm³/mol. The summed E-state index contributed by atoms with van der Waals surface area (Å²) in [6, 6.07) is 7.37. The average molecular weight is 426 g/mol. The highest BCUT2D eigenvalue weighted by Gasteiger charge is 2.21. The van der Waals surface area contributed by atoms with Gasteiger partial charge >= 0.3 is 18.0 Å². The van der Waals surface area contributed by atoms with Crippen molar-refractivity contribution in [3.8, 4) is 5.75 Å². The Bertz CT molecular complexity index is 665. The van der Waals surface area contributed by atoms with Crippen LogP contribution in [0.15, 0.2) is 24.3 Å². The Kier molecular flexibility index (Phi) is 11.9. The van der Waals surface area contributed by atoms with Crippen LogP contribution in [0, 0.1) is 0 Å². The number of anilines is 1. The van der Waals surface area contributed by atoms with Crippen LogP contribution in [0.3, 0.4) is 0 Å². The van der Waals surface area contributed by atoms with E-state index < -0.39 is 18.0 Å². The molecule has 1 atom stereocenters. The number of hydrogen-bond acceptors (Lipinski definition) is 7. The molecule has 1 amide bonds. The fraction of sp³-hybridized carbons (Fsp3) is 0.550. The number of nitrogens with one attached hydrogen (secondary N) is 1. The number of rotatable bonds is 9. The molecule has 168 valence electrons. The fourth-order valence-electron chi connectivity index (χ4n) is 2.76. The van der Waals surface area contributed by atoms with Crippen molar-refractivity contribution < 1.29 is 38.8 Å². The molecule has 1 aliphatic rings. The van der Waals surface area contributed by atoms with Gasteiger partial charge in [0.2, 0.25) is 0 Å². The van der Waals surface area contributed by atoms with Gasteiger partial charge in [0.1, 0.15) is 11.9 Å². The summed E-state index contributed by atoms with van der Waals surface area (Å²) in [7, 11) is 1.62. The molecule has 0 aromatic heterocycles. The van der Waals surface area contributed by atoms with Crippen LogP contribution in [0.5, 0.6) is 5.75 Å². The van der Waals surface area contributed by atoms with Gasteiger partial charge < -0.3 is 24.4 Å². The Morgan fingerprint density at radius 3 is 2.33 bits per heavy atom. The molecule has 30 heavy (non-hydrogen) atoms. The van der Waals surface area contributed by atoms with Gasteiger partial charge in [-0.1, -0.05) is 19.1 Å². The number of carboxylic acids is 2. The molecule has 0 bridgehead atoms. The van der Waals surface area contributed by atoms with Crippen molar-refractivity contribution in [2.24, 2.45) is 0 Å². The van der Waals surface area contributed by atoms with E-state index in [-0.39, 0.29) is 6.10 Å². The third-order valence-corrected chi connectivity index (χ3v) is 4.06. The maximum absolute atomic E-state index is 12.2. The first kappa shape index (κ1) is 25.2. The molecule has 1 heterocycles. The molecule has 0 spiro atoms. The molecule has 10 heteroatoms. The summed E-state index contributed by atoms with van der Waals surface area (Å²) in [6.07, 6.45) is 2.55. The van der Waals surface area contributed by atoms with Crippen LogP contribution in [0.1, 0.15) is 26.2 Å². The number of methoxy groups -OCH3 is 1. The van der Waals surface area contributed by atoms with Crippen LogP contribution in [-0.2, 0) is 19.1 Å². The second kappa shape index (κ2) is 14.2. The number of hydrogen-bond donors (Lipinski definition) is 3. The van der Waals surface area contributed by atoms with Crippen LogP contribution in [0.25, 0.3) is 0 Å². The van der Waals surface area contributed by atoms with Gasteiger partial charge in [-0.3, -0.25) is 10.2 Å². The standard InChI is InChI=1S/C18H28N2O4.C2H2O4/c1-3-12-23-17-9-5-4-8-16(17)19-18(21)24-15(14-22-2)13-20-10-6-7-11-20;3-1(4)2(5)6/h4-5,8-9,15H,3,6-7,10-14H2,1-2H3,(H,19,21);(H,3,4)(H,5,6). The van der Waals surface area contributed by atoms with Crippen molar-refractivity contribution in [2.45, 2.75) is 32.3 Å². The van der Waals surface area contributed by atoms with Crippen LogP contribution in [0.4, 0.5) is 10.5 Å². The highest BCUT2D eigenvalue weighted by molar-refractivity contribution is 6.27. The molecule has 1 unspecified atom stereocenters. The molecule has 3 N–H and O–H groups in total. The number of carbonyl (C=O) groups excluding carboxylic acids is 1. The van der Waals surface area contributed by atoms with Crippen LogP contribution in [0.2, 0.25) is 0 Å².